The number of ketones is 1. The number of halogens is 2. The van der Waals surface area contributed by atoms with Gasteiger partial charge in [0.05, 0.1) is 17.2 Å². The van der Waals surface area contributed by atoms with Gasteiger partial charge in [-0.25, -0.2) is 9.78 Å². The molecule has 80 valence electrons. The van der Waals surface area contributed by atoms with Crippen LogP contribution in [-0.2, 0) is 9.53 Å². The number of aromatic nitrogens is 1. The van der Waals surface area contributed by atoms with E-state index in [0.717, 1.165) is 0 Å². The lowest BCUT2D eigenvalue weighted by Crippen LogP contribution is -2.18. The Hall–Kier alpha value is -1.13. The molecule has 1 heterocycles. The van der Waals surface area contributed by atoms with Crippen molar-refractivity contribution in [2.24, 2.45) is 0 Å². The average molecular weight is 248 g/mol. The number of nitrogens with zero attached hydrogens (tertiary/aromatic N) is 1. The van der Waals surface area contributed by atoms with Gasteiger partial charge in [0.15, 0.2) is 0 Å². The van der Waals surface area contributed by atoms with Crippen molar-refractivity contribution in [2.45, 2.75) is 6.92 Å². The maximum atomic E-state index is 11.5. The minimum atomic E-state index is -0.991. The molecule has 0 aliphatic rings. The molecule has 0 spiro atoms. The molecular formula is C9H7Cl2NO3. The SMILES string of the molecule is CCOC(=O)C(=O)c1c(Cl)ccnc1Cl. The molecule has 0 aliphatic carbocycles. The fourth-order valence-corrected chi connectivity index (χ4v) is 1.44. The van der Waals surface area contributed by atoms with Gasteiger partial charge in [0, 0.05) is 6.20 Å². The number of esters is 1. The summed E-state index contributed by atoms with van der Waals surface area (Å²) in [6.45, 7) is 1.71. The molecule has 1 aromatic heterocycles. The fraction of sp³-hybridized carbons (Fsp3) is 0.222. The zero-order valence-electron chi connectivity index (χ0n) is 7.79. The lowest BCUT2D eigenvalue weighted by Gasteiger charge is -2.03. The van der Waals surface area contributed by atoms with E-state index in [1.54, 1.807) is 6.92 Å². The second-order valence-electron chi connectivity index (χ2n) is 2.51. The van der Waals surface area contributed by atoms with Crippen LogP contribution in [0.2, 0.25) is 10.2 Å². The largest absolute Gasteiger partial charge is 0.460 e. The molecule has 0 atom stereocenters. The van der Waals surface area contributed by atoms with Gasteiger partial charge in [-0.3, -0.25) is 4.79 Å². The maximum absolute atomic E-state index is 11.5. The summed E-state index contributed by atoms with van der Waals surface area (Å²) in [6, 6.07) is 1.37. The third-order valence-electron chi connectivity index (χ3n) is 1.54. The average Bonchev–Trinajstić information content (AvgIpc) is 2.17. The predicted molar refractivity (Wildman–Crippen MR) is 55.2 cm³/mol. The monoisotopic (exact) mass is 247 g/mol. The Morgan fingerprint density at radius 3 is 2.67 bits per heavy atom. The van der Waals surface area contributed by atoms with E-state index in [1.165, 1.54) is 12.3 Å². The summed E-state index contributed by atoms with van der Waals surface area (Å²) in [6.07, 6.45) is 1.34. The molecule has 4 nitrogen and oxygen atoms in total. The van der Waals surface area contributed by atoms with E-state index in [9.17, 15) is 9.59 Å². The van der Waals surface area contributed by atoms with Crippen LogP contribution in [0.15, 0.2) is 12.3 Å². The summed E-state index contributed by atoms with van der Waals surface area (Å²) in [5.74, 6) is -1.88. The molecule has 0 amide bonds. The van der Waals surface area contributed by atoms with Crippen LogP contribution in [0.25, 0.3) is 0 Å². The van der Waals surface area contributed by atoms with Gasteiger partial charge in [0.2, 0.25) is 0 Å². The van der Waals surface area contributed by atoms with Crippen LogP contribution in [0.5, 0.6) is 0 Å². The molecule has 0 N–H and O–H groups in total. The zero-order chi connectivity index (χ0) is 11.4. The highest BCUT2D eigenvalue weighted by atomic mass is 35.5. The van der Waals surface area contributed by atoms with Crippen molar-refractivity contribution in [3.63, 3.8) is 0 Å². The quantitative estimate of drug-likeness (QED) is 0.356. The van der Waals surface area contributed by atoms with E-state index in [-0.39, 0.29) is 22.3 Å². The van der Waals surface area contributed by atoms with Crippen molar-refractivity contribution in [2.75, 3.05) is 6.61 Å². The molecule has 1 rings (SSSR count). The van der Waals surface area contributed by atoms with E-state index >= 15 is 0 Å². The smallest absolute Gasteiger partial charge is 0.379 e. The van der Waals surface area contributed by atoms with Gasteiger partial charge < -0.3 is 4.74 Å². The third kappa shape index (κ3) is 2.67. The minimum absolute atomic E-state index is 0.0769. The van der Waals surface area contributed by atoms with Crippen LogP contribution in [-0.4, -0.2) is 23.3 Å². The van der Waals surface area contributed by atoms with Gasteiger partial charge in [-0.1, -0.05) is 23.2 Å². The summed E-state index contributed by atoms with van der Waals surface area (Å²) in [5, 5.41) is -0.0337. The number of carbonyl (C=O) groups excluding carboxylic acids is 2. The van der Waals surface area contributed by atoms with Crippen molar-refractivity contribution in [1.29, 1.82) is 0 Å². The Morgan fingerprint density at radius 1 is 1.47 bits per heavy atom. The number of ether oxygens (including phenoxy) is 1. The Labute approximate surface area is 96.2 Å². The molecule has 0 fully saturated rings. The van der Waals surface area contributed by atoms with Gasteiger partial charge in [0.1, 0.15) is 5.15 Å². The number of rotatable bonds is 3. The second kappa shape index (κ2) is 5.09. The summed E-state index contributed by atoms with van der Waals surface area (Å²) < 4.78 is 4.53. The predicted octanol–water partition coefficient (Wildman–Crippen LogP) is 2.13. The Morgan fingerprint density at radius 2 is 2.13 bits per heavy atom. The molecule has 15 heavy (non-hydrogen) atoms. The van der Waals surface area contributed by atoms with Gasteiger partial charge >= 0.3 is 5.97 Å². The van der Waals surface area contributed by atoms with Crippen molar-refractivity contribution in [3.05, 3.63) is 28.0 Å². The summed E-state index contributed by atoms with van der Waals surface area (Å²) >= 11 is 11.4. The Bertz CT molecular complexity index is 386. The number of hydrogen-bond donors (Lipinski definition) is 0. The van der Waals surface area contributed by atoms with Crippen LogP contribution in [0, 0.1) is 0 Å². The minimum Gasteiger partial charge on any atom is -0.460 e. The number of Topliss-reactive ketones (excluding diaryl/α,β-unsaturated/α-hetero) is 1. The Balaban J connectivity index is 3.06. The molecule has 0 unspecified atom stereocenters. The first-order valence-electron chi connectivity index (χ1n) is 4.09. The van der Waals surface area contributed by atoms with Crippen LogP contribution in [0.4, 0.5) is 0 Å². The zero-order valence-corrected chi connectivity index (χ0v) is 9.30. The molecule has 6 heteroatoms. The number of pyridine rings is 1. The summed E-state index contributed by atoms with van der Waals surface area (Å²) in [7, 11) is 0. The van der Waals surface area contributed by atoms with Crippen molar-refractivity contribution < 1.29 is 14.3 Å². The van der Waals surface area contributed by atoms with Gasteiger partial charge in [-0.15, -0.1) is 0 Å². The number of hydrogen-bond acceptors (Lipinski definition) is 4. The third-order valence-corrected chi connectivity index (χ3v) is 2.14. The molecule has 0 saturated heterocycles. The molecule has 0 aliphatic heterocycles. The van der Waals surface area contributed by atoms with Gasteiger partial charge in [-0.05, 0) is 13.0 Å². The van der Waals surface area contributed by atoms with E-state index in [1.807, 2.05) is 0 Å². The molecule has 0 bridgehead atoms. The second-order valence-corrected chi connectivity index (χ2v) is 3.27. The van der Waals surface area contributed by atoms with E-state index in [2.05, 4.69) is 9.72 Å². The van der Waals surface area contributed by atoms with Crippen molar-refractivity contribution >= 4 is 35.0 Å². The lowest BCUT2D eigenvalue weighted by molar-refractivity contribution is -0.137. The lowest BCUT2D eigenvalue weighted by atomic mass is 10.2. The van der Waals surface area contributed by atoms with Crippen LogP contribution in [0.1, 0.15) is 17.3 Å². The number of carbonyl (C=O) groups is 2. The molecular weight excluding hydrogens is 241 g/mol. The van der Waals surface area contributed by atoms with Crippen LogP contribution in [0.3, 0.4) is 0 Å². The first-order chi connectivity index (χ1) is 7.07. The highest BCUT2D eigenvalue weighted by Crippen LogP contribution is 2.22. The van der Waals surface area contributed by atoms with Crippen molar-refractivity contribution in [3.8, 4) is 0 Å². The van der Waals surface area contributed by atoms with Gasteiger partial charge in [-0.2, -0.15) is 0 Å². The maximum Gasteiger partial charge on any atom is 0.379 e. The van der Waals surface area contributed by atoms with Crippen LogP contribution >= 0.6 is 23.2 Å². The normalized spacial score (nSPS) is 9.80. The first kappa shape index (κ1) is 11.9. The highest BCUT2D eigenvalue weighted by Gasteiger charge is 2.23. The van der Waals surface area contributed by atoms with E-state index in [4.69, 9.17) is 23.2 Å². The fourth-order valence-electron chi connectivity index (χ4n) is 0.915. The van der Waals surface area contributed by atoms with E-state index < -0.39 is 11.8 Å². The molecule has 0 aromatic carbocycles. The van der Waals surface area contributed by atoms with Gasteiger partial charge in [0.25, 0.3) is 5.78 Å². The topological polar surface area (TPSA) is 56.3 Å². The highest BCUT2D eigenvalue weighted by molar-refractivity contribution is 6.49. The summed E-state index contributed by atoms with van der Waals surface area (Å²) in [4.78, 5) is 26.3. The van der Waals surface area contributed by atoms with Crippen LogP contribution < -0.4 is 0 Å². The summed E-state index contributed by atoms with van der Waals surface area (Å²) in [5.41, 5.74) is -0.126. The standard InChI is InChI=1S/C9H7Cl2NO3/c1-2-15-9(14)7(13)6-5(10)3-4-12-8(6)11/h3-4H,2H2,1H3. The van der Waals surface area contributed by atoms with E-state index in [0.29, 0.717) is 0 Å². The first-order valence-corrected chi connectivity index (χ1v) is 4.85. The molecule has 1 aromatic rings. The Kier molecular flexibility index (Phi) is 4.05. The van der Waals surface area contributed by atoms with Crippen molar-refractivity contribution in [1.82, 2.24) is 4.98 Å². The molecule has 0 radical (unpaired) electrons. The molecule has 0 saturated carbocycles.